The lowest BCUT2D eigenvalue weighted by molar-refractivity contribution is 0.280. The zero-order valence-electron chi connectivity index (χ0n) is 12.5. The Bertz CT molecular complexity index is 532. The Hall–Kier alpha value is -1.71. The third-order valence-electron chi connectivity index (χ3n) is 3.07. The van der Waals surface area contributed by atoms with Crippen LogP contribution in [0.3, 0.4) is 0 Å². The smallest absolute Gasteiger partial charge is 0.166 e. The van der Waals surface area contributed by atoms with Crippen LogP contribution < -0.4 is 14.8 Å². The maximum Gasteiger partial charge on any atom is 0.166 e. The van der Waals surface area contributed by atoms with Gasteiger partial charge in [-0.3, -0.25) is 0 Å². The number of hydrogen-bond donors (Lipinski definition) is 1. The van der Waals surface area contributed by atoms with Gasteiger partial charge >= 0.3 is 0 Å². The lowest BCUT2D eigenvalue weighted by Crippen LogP contribution is -2.13. The van der Waals surface area contributed by atoms with Crippen LogP contribution in [0.2, 0.25) is 0 Å². The van der Waals surface area contributed by atoms with Crippen molar-refractivity contribution in [1.82, 2.24) is 5.32 Å². The van der Waals surface area contributed by atoms with Gasteiger partial charge in [0.1, 0.15) is 6.61 Å². The van der Waals surface area contributed by atoms with Gasteiger partial charge in [-0.2, -0.15) is 0 Å². The van der Waals surface area contributed by atoms with Crippen molar-refractivity contribution in [2.24, 2.45) is 0 Å². The maximum atomic E-state index is 5.98. The zero-order valence-corrected chi connectivity index (χ0v) is 13.3. The number of nitrogens with one attached hydrogen (secondary N) is 1. The average molecular weight is 308 g/mol. The molecule has 0 saturated carbocycles. The summed E-state index contributed by atoms with van der Waals surface area (Å²) >= 11 is 0. The summed E-state index contributed by atoms with van der Waals surface area (Å²) in [4.78, 5) is 0. The number of hydrogen-bond acceptors (Lipinski definition) is 3. The van der Waals surface area contributed by atoms with Crippen molar-refractivity contribution in [3.63, 3.8) is 0 Å². The highest BCUT2D eigenvalue weighted by molar-refractivity contribution is 5.85. The lowest BCUT2D eigenvalue weighted by atomic mass is 10.1. The van der Waals surface area contributed by atoms with Crippen molar-refractivity contribution in [3.8, 4) is 11.5 Å². The van der Waals surface area contributed by atoms with Gasteiger partial charge in [0.2, 0.25) is 0 Å². The second-order valence-corrected chi connectivity index (χ2v) is 4.50. The summed E-state index contributed by atoms with van der Waals surface area (Å²) in [6.45, 7) is 4.33. The highest BCUT2D eigenvalue weighted by Crippen LogP contribution is 2.31. The predicted molar refractivity (Wildman–Crippen MR) is 88.4 cm³/mol. The number of halogens is 1. The maximum absolute atomic E-state index is 5.98. The third kappa shape index (κ3) is 4.96. The minimum absolute atomic E-state index is 0. The van der Waals surface area contributed by atoms with Crippen molar-refractivity contribution in [2.45, 2.75) is 20.1 Å². The van der Waals surface area contributed by atoms with Gasteiger partial charge in [-0.25, -0.2) is 0 Å². The first kappa shape index (κ1) is 17.3. The molecule has 1 N–H and O–H groups in total. The standard InChI is InChI=1S/C17H21NO2.ClH/c1-3-18-12-15-10-7-11-16(19-2)17(15)20-13-14-8-5-4-6-9-14;/h4-11,18H,3,12-13H2,1-2H3;1H. The Kier molecular flexibility index (Phi) is 7.65. The second kappa shape index (κ2) is 9.27. The van der Waals surface area contributed by atoms with Gasteiger partial charge < -0.3 is 14.8 Å². The van der Waals surface area contributed by atoms with E-state index in [1.54, 1.807) is 7.11 Å². The molecule has 0 aliphatic rings. The van der Waals surface area contributed by atoms with Gasteiger partial charge in [-0.05, 0) is 18.2 Å². The summed E-state index contributed by atoms with van der Waals surface area (Å²) in [7, 11) is 1.67. The molecule has 0 aliphatic heterocycles. The molecule has 114 valence electrons. The fraction of sp³-hybridized carbons (Fsp3) is 0.294. The van der Waals surface area contributed by atoms with E-state index in [0.717, 1.165) is 35.7 Å². The minimum Gasteiger partial charge on any atom is -0.493 e. The molecule has 0 fully saturated rings. The number of benzene rings is 2. The van der Waals surface area contributed by atoms with E-state index in [9.17, 15) is 0 Å². The second-order valence-electron chi connectivity index (χ2n) is 4.50. The van der Waals surface area contributed by atoms with E-state index in [0.29, 0.717) is 6.61 Å². The molecule has 0 bridgehead atoms. The normalized spacial score (nSPS) is 9.81. The van der Waals surface area contributed by atoms with Gasteiger partial charge in [-0.1, -0.05) is 49.4 Å². The van der Waals surface area contributed by atoms with Gasteiger partial charge in [0.05, 0.1) is 7.11 Å². The van der Waals surface area contributed by atoms with Crippen LogP contribution in [-0.4, -0.2) is 13.7 Å². The van der Waals surface area contributed by atoms with Crippen LogP contribution in [0.15, 0.2) is 48.5 Å². The topological polar surface area (TPSA) is 30.5 Å². The Balaban J connectivity index is 0.00000220. The molecule has 0 radical (unpaired) electrons. The summed E-state index contributed by atoms with van der Waals surface area (Å²) in [5.74, 6) is 1.59. The van der Waals surface area contributed by atoms with Crippen molar-refractivity contribution in [1.29, 1.82) is 0 Å². The first-order chi connectivity index (χ1) is 9.85. The van der Waals surface area contributed by atoms with Crippen molar-refractivity contribution in [2.75, 3.05) is 13.7 Å². The fourth-order valence-corrected chi connectivity index (χ4v) is 2.01. The number of para-hydroxylation sites is 1. The highest BCUT2D eigenvalue weighted by atomic mass is 35.5. The van der Waals surface area contributed by atoms with E-state index in [1.165, 1.54) is 0 Å². The van der Waals surface area contributed by atoms with Crippen LogP contribution >= 0.6 is 12.4 Å². The number of methoxy groups -OCH3 is 1. The molecule has 2 rings (SSSR count). The molecular formula is C17H22ClNO2. The summed E-state index contributed by atoms with van der Waals surface area (Å²) in [6.07, 6.45) is 0. The summed E-state index contributed by atoms with van der Waals surface area (Å²) < 4.78 is 11.4. The molecule has 3 nitrogen and oxygen atoms in total. The highest BCUT2D eigenvalue weighted by Gasteiger charge is 2.10. The molecule has 21 heavy (non-hydrogen) atoms. The molecule has 0 aromatic heterocycles. The molecule has 0 atom stereocenters. The molecule has 0 unspecified atom stereocenters. The van der Waals surface area contributed by atoms with E-state index < -0.39 is 0 Å². The molecule has 0 aliphatic carbocycles. The molecule has 2 aromatic carbocycles. The first-order valence-electron chi connectivity index (χ1n) is 6.88. The molecule has 0 heterocycles. The van der Waals surface area contributed by atoms with E-state index in [-0.39, 0.29) is 12.4 Å². The Morgan fingerprint density at radius 2 is 1.76 bits per heavy atom. The molecular weight excluding hydrogens is 286 g/mol. The van der Waals surface area contributed by atoms with Crippen LogP contribution in [0, 0.1) is 0 Å². The van der Waals surface area contributed by atoms with Gasteiger partial charge in [0.25, 0.3) is 0 Å². The quantitative estimate of drug-likeness (QED) is 0.844. The molecule has 0 saturated heterocycles. The fourth-order valence-electron chi connectivity index (χ4n) is 2.01. The first-order valence-corrected chi connectivity index (χ1v) is 6.88. The monoisotopic (exact) mass is 307 g/mol. The van der Waals surface area contributed by atoms with Gasteiger partial charge in [0.15, 0.2) is 11.5 Å². The van der Waals surface area contributed by atoms with Crippen molar-refractivity contribution >= 4 is 12.4 Å². The van der Waals surface area contributed by atoms with Crippen LogP contribution in [0.1, 0.15) is 18.1 Å². The van der Waals surface area contributed by atoms with Crippen LogP contribution in [-0.2, 0) is 13.2 Å². The average Bonchev–Trinajstić information content (AvgIpc) is 2.52. The minimum atomic E-state index is 0. The van der Waals surface area contributed by atoms with E-state index in [1.807, 2.05) is 30.3 Å². The van der Waals surface area contributed by atoms with E-state index in [4.69, 9.17) is 9.47 Å². The number of rotatable bonds is 7. The largest absolute Gasteiger partial charge is 0.493 e. The van der Waals surface area contributed by atoms with Crippen LogP contribution in [0.4, 0.5) is 0 Å². The Labute approximate surface area is 132 Å². The van der Waals surface area contributed by atoms with Gasteiger partial charge in [-0.15, -0.1) is 12.4 Å². The van der Waals surface area contributed by atoms with Crippen molar-refractivity contribution in [3.05, 3.63) is 59.7 Å². The molecule has 0 amide bonds. The predicted octanol–water partition coefficient (Wildman–Crippen LogP) is 3.81. The summed E-state index contributed by atoms with van der Waals surface area (Å²) in [6, 6.07) is 16.1. The lowest BCUT2D eigenvalue weighted by Gasteiger charge is -2.15. The number of ether oxygens (including phenoxy) is 2. The summed E-state index contributed by atoms with van der Waals surface area (Å²) in [5, 5.41) is 3.32. The SMILES string of the molecule is CCNCc1cccc(OC)c1OCc1ccccc1.Cl. The molecule has 0 spiro atoms. The van der Waals surface area contributed by atoms with E-state index >= 15 is 0 Å². The third-order valence-corrected chi connectivity index (χ3v) is 3.07. The molecule has 2 aromatic rings. The Morgan fingerprint density at radius 1 is 1.00 bits per heavy atom. The zero-order chi connectivity index (χ0) is 14.2. The van der Waals surface area contributed by atoms with Crippen molar-refractivity contribution < 1.29 is 9.47 Å². The summed E-state index contributed by atoms with van der Waals surface area (Å²) in [5.41, 5.74) is 2.26. The van der Waals surface area contributed by atoms with Crippen LogP contribution in [0.5, 0.6) is 11.5 Å². The van der Waals surface area contributed by atoms with E-state index in [2.05, 4.69) is 30.4 Å². The van der Waals surface area contributed by atoms with Crippen LogP contribution in [0.25, 0.3) is 0 Å². The Morgan fingerprint density at radius 3 is 2.43 bits per heavy atom. The molecule has 4 heteroatoms. The van der Waals surface area contributed by atoms with Gasteiger partial charge in [0, 0.05) is 12.1 Å².